The van der Waals surface area contributed by atoms with Crippen LogP contribution in [0, 0.1) is 0 Å². The van der Waals surface area contributed by atoms with Crippen LogP contribution >= 0.6 is 0 Å². The molecule has 96 valence electrons. The van der Waals surface area contributed by atoms with E-state index in [1.807, 2.05) is 6.92 Å². The van der Waals surface area contributed by atoms with Crippen molar-refractivity contribution in [1.82, 2.24) is 0 Å². The van der Waals surface area contributed by atoms with Crippen molar-refractivity contribution < 1.29 is 4.74 Å². The van der Waals surface area contributed by atoms with Crippen LogP contribution in [0.2, 0.25) is 0 Å². The number of nitrogens with two attached hydrogens (primary N) is 1. The van der Waals surface area contributed by atoms with Crippen molar-refractivity contribution in [1.29, 1.82) is 0 Å². The van der Waals surface area contributed by atoms with Gasteiger partial charge in [-0.2, -0.15) is 0 Å². The Morgan fingerprint density at radius 3 is 2.53 bits per heavy atom. The second-order valence-corrected chi connectivity index (χ2v) is 4.73. The molecular weight excluding hydrogens is 210 g/mol. The minimum absolute atomic E-state index is 0.339. The number of fused-ring (bicyclic) bond motifs is 1. The fourth-order valence-corrected chi connectivity index (χ4v) is 2.04. The van der Waals surface area contributed by atoms with Crippen LogP contribution in [0.25, 0.3) is 0 Å². The molecule has 2 nitrogen and oxygen atoms in total. The van der Waals surface area contributed by atoms with E-state index in [1.54, 1.807) is 0 Å². The average molecular weight is 235 g/mol. The molecule has 1 atom stereocenters. The zero-order valence-corrected chi connectivity index (χ0v) is 11.5. The van der Waals surface area contributed by atoms with Crippen LogP contribution < -0.4 is 5.73 Å². The number of hydrogen-bond donors (Lipinski definition) is 1. The Labute approximate surface area is 105 Å². The van der Waals surface area contributed by atoms with Crippen LogP contribution in [0.4, 0.5) is 0 Å². The molecule has 1 heterocycles. The monoisotopic (exact) mass is 235 g/mol. The van der Waals surface area contributed by atoms with Gasteiger partial charge in [-0.1, -0.05) is 45.9 Å². The van der Waals surface area contributed by atoms with Gasteiger partial charge in [-0.05, 0) is 35.6 Å². The maximum absolute atomic E-state index is 5.71. The molecule has 0 aliphatic carbocycles. The van der Waals surface area contributed by atoms with Crippen molar-refractivity contribution in [3.05, 3.63) is 34.9 Å². The van der Waals surface area contributed by atoms with Crippen molar-refractivity contribution in [3.63, 3.8) is 0 Å². The highest BCUT2D eigenvalue weighted by Crippen LogP contribution is 2.34. The lowest BCUT2D eigenvalue weighted by Crippen LogP contribution is -1.94. The SMILES string of the molecule is CCC1OCc2cc(C(C)C)ccc21.CCN. The molecule has 0 bridgehead atoms. The minimum atomic E-state index is 0.339. The van der Waals surface area contributed by atoms with Crippen molar-refractivity contribution in [2.75, 3.05) is 6.54 Å². The fraction of sp³-hybridized carbons (Fsp3) is 0.600. The number of benzene rings is 1. The molecule has 1 unspecified atom stereocenters. The summed E-state index contributed by atoms with van der Waals surface area (Å²) in [6, 6.07) is 6.78. The van der Waals surface area contributed by atoms with Gasteiger partial charge < -0.3 is 10.5 Å². The molecule has 1 aromatic carbocycles. The lowest BCUT2D eigenvalue weighted by molar-refractivity contribution is 0.0636. The molecule has 0 spiro atoms. The van der Waals surface area contributed by atoms with Crippen LogP contribution in [0.3, 0.4) is 0 Å². The lowest BCUT2D eigenvalue weighted by atomic mass is 9.96. The third-order valence-corrected chi connectivity index (χ3v) is 2.99. The molecule has 2 heteroatoms. The van der Waals surface area contributed by atoms with Gasteiger partial charge in [0.2, 0.25) is 0 Å². The van der Waals surface area contributed by atoms with E-state index >= 15 is 0 Å². The Bertz CT molecular complexity index is 347. The van der Waals surface area contributed by atoms with Gasteiger partial charge in [0.1, 0.15) is 0 Å². The molecule has 0 amide bonds. The normalized spacial score (nSPS) is 17.6. The highest BCUT2D eigenvalue weighted by atomic mass is 16.5. The van der Waals surface area contributed by atoms with Crippen LogP contribution in [0.15, 0.2) is 18.2 Å². The number of hydrogen-bond acceptors (Lipinski definition) is 2. The van der Waals surface area contributed by atoms with E-state index in [-0.39, 0.29) is 0 Å². The van der Waals surface area contributed by atoms with Crippen LogP contribution in [-0.4, -0.2) is 6.54 Å². The van der Waals surface area contributed by atoms with Gasteiger partial charge >= 0.3 is 0 Å². The van der Waals surface area contributed by atoms with E-state index in [1.165, 1.54) is 16.7 Å². The minimum Gasteiger partial charge on any atom is -0.369 e. The molecule has 1 aliphatic heterocycles. The summed E-state index contributed by atoms with van der Waals surface area (Å²) in [6.07, 6.45) is 1.42. The van der Waals surface area contributed by atoms with E-state index in [0.29, 0.717) is 12.0 Å². The van der Waals surface area contributed by atoms with Crippen LogP contribution in [-0.2, 0) is 11.3 Å². The third kappa shape index (κ3) is 3.55. The molecule has 1 aromatic rings. The highest BCUT2D eigenvalue weighted by Gasteiger charge is 2.21. The molecular formula is C15H25NO. The number of ether oxygens (including phenoxy) is 1. The van der Waals surface area contributed by atoms with Crippen molar-refractivity contribution in [3.8, 4) is 0 Å². The molecule has 1 aliphatic rings. The van der Waals surface area contributed by atoms with Gasteiger partial charge in [-0.15, -0.1) is 0 Å². The zero-order valence-electron chi connectivity index (χ0n) is 11.5. The van der Waals surface area contributed by atoms with Crippen molar-refractivity contribution >= 4 is 0 Å². The van der Waals surface area contributed by atoms with Crippen molar-refractivity contribution in [2.45, 2.75) is 52.7 Å². The summed E-state index contributed by atoms with van der Waals surface area (Å²) in [5, 5.41) is 0. The Kier molecular flexibility index (Phi) is 5.66. The van der Waals surface area contributed by atoms with Gasteiger partial charge in [-0.25, -0.2) is 0 Å². The predicted molar refractivity (Wildman–Crippen MR) is 73.1 cm³/mol. The van der Waals surface area contributed by atoms with E-state index in [2.05, 4.69) is 39.0 Å². The largest absolute Gasteiger partial charge is 0.369 e. The molecule has 0 aromatic heterocycles. The van der Waals surface area contributed by atoms with E-state index in [4.69, 9.17) is 10.5 Å². The maximum Gasteiger partial charge on any atom is 0.0830 e. The zero-order chi connectivity index (χ0) is 12.8. The first-order valence-electron chi connectivity index (χ1n) is 6.58. The van der Waals surface area contributed by atoms with E-state index in [9.17, 15) is 0 Å². The Balaban J connectivity index is 0.000000437. The molecule has 2 N–H and O–H groups in total. The summed E-state index contributed by atoms with van der Waals surface area (Å²) < 4.78 is 5.71. The first-order chi connectivity index (χ1) is 8.13. The highest BCUT2D eigenvalue weighted by molar-refractivity contribution is 5.36. The summed E-state index contributed by atoms with van der Waals surface area (Å²) in [5.41, 5.74) is 9.06. The first-order valence-corrected chi connectivity index (χ1v) is 6.58. The molecule has 0 fully saturated rings. The fourth-order valence-electron chi connectivity index (χ4n) is 2.04. The quantitative estimate of drug-likeness (QED) is 0.847. The smallest absolute Gasteiger partial charge is 0.0830 e. The standard InChI is InChI=1S/C13H18O.C2H7N/c1-4-13-12-6-5-10(9(2)3)7-11(12)8-14-13;1-2-3/h5-7,9,13H,4,8H2,1-3H3;2-3H2,1H3. The molecule has 2 rings (SSSR count). The second-order valence-electron chi connectivity index (χ2n) is 4.73. The van der Waals surface area contributed by atoms with E-state index < -0.39 is 0 Å². The molecule has 0 saturated heterocycles. The average Bonchev–Trinajstić information content (AvgIpc) is 2.71. The first kappa shape index (κ1) is 14.2. The third-order valence-electron chi connectivity index (χ3n) is 2.99. The van der Waals surface area contributed by atoms with Gasteiger partial charge in [0.25, 0.3) is 0 Å². The van der Waals surface area contributed by atoms with Crippen LogP contribution in [0.1, 0.15) is 62.8 Å². The maximum atomic E-state index is 5.71. The summed E-state index contributed by atoms with van der Waals surface area (Å²) in [7, 11) is 0. The van der Waals surface area contributed by atoms with Crippen molar-refractivity contribution in [2.24, 2.45) is 5.73 Å². The number of rotatable bonds is 2. The summed E-state index contributed by atoms with van der Waals surface area (Å²) >= 11 is 0. The predicted octanol–water partition coefficient (Wildman–Crippen LogP) is 3.76. The molecule has 17 heavy (non-hydrogen) atoms. The van der Waals surface area contributed by atoms with Gasteiger partial charge in [0, 0.05) is 0 Å². The Morgan fingerprint density at radius 1 is 1.35 bits per heavy atom. The van der Waals surface area contributed by atoms with E-state index in [0.717, 1.165) is 19.6 Å². The lowest BCUT2D eigenvalue weighted by Gasteiger charge is -2.09. The Hall–Kier alpha value is -0.860. The topological polar surface area (TPSA) is 35.2 Å². The van der Waals surface area contributed by atoms with Gasteiger partial charge in [0.15, 0.2) is 0 Å². The second kappa shape index (κ2) is 6.77. The van der Waals surface area contributed by atoms with Crippen LogP contribution in [0.5, 0.6) is 0 Å². The molecule has 0 saturated carbocycles. The summed E-state index contributed by atoms with van der Waals surface area (Å²) in [4.78, 5) is 0. The Morgan fingerprint density at radius 2 is 2.00 bits per heavy atom. The van der Waals surface area contributed by atoms with Gasteiger partial charge in [-0.3, -0.25) is 0 Å². The summed E-state index contributed by atoms with van der Waals surface area (Å²) in [6.45, 7) is 10.1. The summed E-state index contributed by atoms with van der Waals surface area (Å²) in [5.74, 6) is 0.612. The van der Waals surface area contributed by atoms with Gasteiger partial charge in [0.05, 0.1) is 12.7 Å². The molecule has 0 radical (unpaired) electrons.